The van der Waals surface area contributed by atoms with E-state index in [1.54, 1.807) is 4.68 Å². The van der Waals surface area contributed by atoms with Crippen LogP contribution in [-0.2, 0) is 13.6 Å². The predicted octanol–water partition coefficient (Wildman–Crippen LogP) is 1.37. The second-order valence-electron chi connectivity index (χ2n) is 3.70. The molecule has 0 aromatic carbocycles. The maximum absolute atomic E-state index is 4.17. The highest BCUT2D eigenvalue weighted by Crippen LogP contribution is 2.14. The van der Waals surface area contributed by atoms with Gasteiger partial charge in [0, 0.05) is 36.6 Å². The SMILES string of the molecule is Cc1[nH]nc(NCc2cnn(C)c2)c1C. The number of aryl methyl sites for hydroxylation is 2. The third-order valence-corrected chi connectivity index (χ3v) is 2.47. The molecule has 5 heteroatoms. The largest absolute Gasteiger partial charge is 0.364 e. The number of hydrogen-bond acceptors (Lipinski definition) is 3. The van der Waals surface area contributed by atoms with E-state index < -0.39 is 0 Å². The summed E-state index contributed by atoms with van der Waals surface area (Å²) in [6.45, 7) is 4.81. The molecule has 2 aromatic heterocycles. The summed E-state index contributed by atoms with van der Waals surface area (Å²) in [7, 11) is 1.91. The number of nitrogens with zero attached hydrogens (tertiary/aromatic N) is 3. The number of rotatable bonds is 3. The van der Waals surface area contributed by atoms with Crippen molar-refractivity contribution in [2.24, 2.45) is 7.05 Å². The van der Waals surface area contributed by atoms with E-state index in [2.05, 4.69) is 20.6 Å². The molecule has 5 nitrogen and oxygen atoms in total. The minimum atomic E-state index is 0.749. The number of aromatic nitrogens is 4. The van der Waals surface area contributed by atoms with Gasteiger partial charge in [0.15, 0.2) is 5.82 Å². The molecule has 0 aliphatic heterocycles. The number of hydrogen-bond donors (Lipinski definition) is 2. The Morgan fingerprint density at radius 2 is 2.27 bits per heavy atom. The number of aromatic amines is 1. The Balaban J connectivity index is 2.02. The zero-order valence-corrected chi connectivity index (χ0v) is 9.20. The highest BCUT2D eigenvalue weighted by Gasteiger charge is 2.04. The molecule has 0 unspecified atom stereocenters. The summed E-state index contributed by atoms with van der Waals surface area (Å²) >= 11 is 0. The summed E-state index contributed by atoms with van der Waals surface area (Å²) in [5, 5.41) is 14.5. The molecule has 2 rings (SSSR count). The van der Waals surface area contributed by atoms with Crippen LogP contribution in [0.1, 0.15) is 16.8 Å². The minimum Gasteiger partial charge on any atom is -0.364 e. The highest BCUT2D eigenvalue weighted by molar-refractivity contribution is 5.45. The molecule has 0 aliphatic carbocycles. The summed E-state index contributed by atoms with van der Waals surface area (Å²) in [6, 6.07) is 0. The van der Waals surface area contributed by atoms with Crippen LogP contribution in [0.5, 0.6) is 0 Å². The van der Waals surface area contributed by atoms with Gasteiger partial charge in [0.25, 0.3) is 0 Å². The van der Waals surface area contributed by atoms with E-state index in [4.69, 9.17) is 0 Å². The topological polar surface area (TPSA) is 58.5 Å². The lowest BCUT2D eigenvalue weighted by molar-refractivity contribution is 0.767. The molecule has 0 amide bonds. The molecule has 0 saturated heterocycles. The zero-order chi connectivity index (χ0) is 10.8. The molecule has 2 heterocycles. The molecule has 0 saturated carbocycles. The van der Waals surface area contributed by atoms with Crippen LogP contribution in [0.15, 0.2) is 12.4 Å². The molecule has 2 aromatic rings. The monoisotopic (exact) mass is 205 g/mol. The van der Waals surface area contributed by atoms with E-state index in [9.17, 15) is 0 Å². The van der Waals surface area contributed by atoms with Gasteiger partial charge < -0.3 is 5.32 Å². The summed E-state index contributed by atoms with van der Waals surface area (Å²) < 4.78 is 1.79. The van der Waals surface area contributed by atoms with E-state index >= 15 is 0 Å². The quantitative estimate of drug-likeness (QED) is 0.795. The maximum Gasteiger partial charge on any atom is 0.151 e. The van der Waals surface area contributed by atoms with Crippen molar-refractivity contribution >= 4 is 5.82 Å². The molecule has 15 heavy (non-hydrogen) atoms. The summed E-state index contributed by atoms with van der Waals surface area (Å²) in [4.78, 5) is 0. The Morgan fingerprint density at radius 1 is 1.47 bits per heavy atom. The smallest absolute Gasteiger partial charge is 0.151 e. The second kappa shape index (κ2) is 3.76. The Hall–Kier alpha value is -1.78. The minimum absolute atomic E-state index is 0.749. The average Bonchev–Trinajstić information content (AvgIpc) is 2.74. The summed E-state index contributed by atoms with van der Waals surface area (Å²) in [5.41, 5.74) is 3.42. The Morgan fingerprint density at radius 3 is 2.80 bits per heavy atom. The molecule has 0 aliphatic rings. The van der Waals surface area contributed by atoms with E-state index in [0.29, 0.717) is 0 Å². The van der Waals surface area contributed by atoms with Gasteiger partial charge in [-0.15, -0.1) is 0 Å². The summed E-state index contributed by atoms with van der Waals surface area (Å²) in [6.07, 6.45) is 3.84. The van der Waals surface area contributed by atoms with Gasteiger partial charge in [-0.1, -0.05) is 0 Å². The van der Waals surface area contributed by atoms with E-state index in [1.165, 1.54) is 5.56 Å². The highest BCUT2D eigenvalue weighted by atomic mass is 15.2. The molecule has 0 atom stereocenters. The third-order valence-electron chi connectivity index (χ3n) is 2.47. The molecule has 80 valence electrons. The normalized spacial score (nSPS) is 10.6. The first-order valence-electron chi connectivity index (χ1n) is 4.90. The van der Waals surface area contributed by atoms with Crippen molar-refractivity contribution in [3.05, 3.63) is 29.2 Å². The van der Waals surface area contributed by atoms with Crippen LogP contribution in [0.25, 0.3) is 0 Å². The van der Waals surface area contributed by atoms with Gasteiger partial charge in [0.05, 0.1) is 6.20 Å². The maximum atomic E-state index is 4.17. The number of nitrogens with one attached hydrogen (secondary N) is 2. The van der Waals surface area contributed by atoms with Crippen LogP contribution in [0.2, 0.25) is 0 Å². The fourth-order valence-corrected chi connectivity index (χ4v) is 1.41. The van der Waals surface area contributed by atoms with Gasteiger partial charge >= 0.3 is 0 Å². The Bertz CT molecular complexity index is 454. The zero-order valence-electron chi connectivity index (χ0n) is 9.20. The van der Waals surface area contributed by atoms with Gasteiger partial charge in [0.2, 0.25) is 0 Å². The van der Waals surface area contributed by atoms with Gasteiger partial charge in [-0.05, 0) is 13.8 Å². The fourth-order valence-electron chi connectivity index (χ4n) is 1.41. The fraction of sp³-hybridized carbons (Fsp3) is 0.400. The predicted molar refractivity (Wildman–Crippen MR) is 58.6 cm³/mol. The first-order chi connectivity index (χ1) is 7.16. The lowest BCUT2D eigenvalue weighted by Gasteiger charge is -2.01. The van der Waals surface area contributed by atoms with Crippen molar-refractivity contribution in [1.82, 2.24) is 20.0 Å². The lowest BCUT2D eigenvalue weighted by Crippen LogP contribution is -2.00. The van der Waals surface area contributed by atoms with Crippen molar-refractivity contribution in [2.45, 2.75) is 20.4 Å². The van der Waals surface area contributed by atoms with Crippen molar-refractivity contribution in [1.29, 1.82) is 0 Å². The molecule has 0 fully saturated rings. The second-order valence-corrected chi connectivity index (χ2v) is 3.70. The van der Waals surface area contributed by atoms with Gasteiger partial charge in [0.1, 0.15) is 0 Å². The van der Waals surface area contributed by atoms with Crippen LogP contribution in [0, 0.1) is 13.8 Å². The first-order valence-corrected chi connectivity index (χ1v) is 4.90. The lowest BCUT2D eigenvalue weighted by atomic mass is 10.2. The van der Waals surface area contributed by atoms with Crippen molar-refractivity contribution in [3.63, 3.8) is 0 Å². The molecular weight excluding hydrogens is 190 g/mol. The van der Waals surface area contributed by atoms with Gasteiger partial charge in [-0.3, -0.25) is 9.78 Å². The first kappa shape index (κ1) is 9.76. The van der Waals surface area contributed by atoms with Crippen LogP contribution in [0.4, 0.5) is 5.82 Å². The van der Waals surface area contributed by atoms with Crippen LogP contribution >= 0.6 is 0 Å². The molecule has 0 bridgehead atoms. The molecule has 0 radical (unpaired) electrons. The standard InChI is InChI=1S/C10H15N5/c1-7-8(2)13-14-10(7)11-4-9-5-12-15(3)6-9/h5-6H,4H2,1-3H3,(H2,11,13,14). The third kappa shape index (κ3) is 2.01. The van der Waals surface area contributed by atoms with Crippen molar-refractivity contribution in [3.8, 4) is 0 Å². The molecule has 0 spiro atoms. The summed E-state index contributed by atoms with van der Waals surface area (Å²) in [5.74, 6) is 0.913. The van der Waals surface area contributed by atoms with Gasteiger partial charge in [-0.2, -0.15) is 10.2 Å². The average molecular weight is 205 g/mol. The van der Waals surface area contributed by atoms with Crippen LogP contribution < -0.4 is 5.32 Å². The number of H-pyrrole nitrogens is 1. The van der Waals surface area contributed by atoms with E-state index in [0.717, 1.165) is 23.6 Å². The van der Waals surface area contributed by atoms with Crippen LogP contribution in [-0.4, -0.2) is 20.0 Å². The van der Waals surface area contributed by atoms with Crippen LogP contribution in [0.3, 0.4) is 0 Å². The Kier molecular flexibility index (Phi) is 2.45. The number of anilines is 1. The molecule has 2 N–H and O–H groups in total. The molecular formula is C10H15N5. The Labute approximate surface area is 88.5 Å². The van der Waals surface area contributed by atoms with Crippen molar-refractivity contribution in [2.75, 3.05) is 5.32 Å². The van der Waals surface area contributed by atoms with E-state index in [1.807, 2.05) is 33.3 Å². The van der Waals surface area contributed by atoms with Crippen molar-refractivity contribution < 1.29 is 0 Å². The van der Waals surface area contributed by atoms with Gasteiger partial charge in [-0.25, -0.2) is 0 Å². The van der Waals surface area contributed by atoms with E-state index in [-0.39, 0.29) is 0 Å².